The van der Waals surface area contributed by atoms with Crippen molar-refractivity contribution in [1.82, 2.24) is 0 Å². The lowest BCUT2D eigenvalue weighted by molar-refractivity contribution is 0.506. The minimum atomic E-state index is -1.58. The molecule has 1 atom stereocenters. The van der Waals surface area contributed by atoms with Gasteiger partial charge >= 0.3 is 8.03 Å². The van der Waals surface area contributed by atoms with Crippen molar-refractivity contribution in [3.8, 4) is 11.8 Å². The summed E-state index contributed by atoms with van der Waals surface area (Å²) in [4.78, 5) is 0. The van der Waals surface area contributed by atoms with Gasteiger partial charge in [0.05, 0.1) is 6.07 Å². The van der Waals surface area contributed by atoms with Crippen LogP contribution in [0.15, 0.2) is 24.3 Å². The van der Waals surface area contributed by atoms with Crippen LogP contribution in [0.25, 0.3) is 0 Å². The number of nitriles is 1. The van der Waals surface area contributed by atoms with Crippen LogP contribution in [0.3, 0.4) is 0 Å². The van der Waals surface area contributed by atoms with Crippen molar-refractivity contribution in [2.75, 3.05) is 6.16 Å². The van der Waals surface area contributed by atoms with Gasteiger partial charge in [-0.3, -0.25) is 4.52 Å². The Labute approximate surface area is 90.6 Å². The molecule has 0 amide bonds. The monoisotopic (exact) mass is 222 g/mol. The summed E-state index contributed by atoms with van der Waals surface area (Å²) in [6.07, 6.45) is 1.78. The third-order valence-electron chi connectivity index (χ3n) is 1.91. The fraction of sp³-hybridized carbons (Fsp3) is 0.364. The summed E-state index contributed by atoms with van der Waals surface area (Å²) < 4.78 is 16.3. The van der Waals surface area contributed by atoms with Crippen LogP contribution in [0.2, 0.25) is 0 Å². The predicted molar refractivity (Wildman–Crippen MR) is 59.2 cm³/mol. The van der Waals surface area contributed by atoms with E-state index in [2.05, 4.69) is 6.07 Å². The minimum Gasteiger partial charge on any atom is -0.254 e. The molecular formula is C11H13NO2P+. The average Bonchev–Trinajstić information content (AvgIpc) is 2.28. The molecular weight excluding hydrogens is 209 g/mol. The SMILES string of the molecule is CC[P+](=O)Oc1ccc(CCC#N)cc1. The summed E-state index contributed by atoms with van der Waals surface area (Å²) in [5.41, 5.74) is 1.09. The van der Waals surface area contributed by atoms with Gasteiger partial charge in [-0.05, 0) is 35.6 Å². The third-order valence-corrected chi connectivity index (χ3v) is 2.85. The zero-order valence-corrected chi connectivity index (χ0v) is 9.54. The van der Waals surface area contributed by atoms with Crippen molar-refractivity contribution in [2.24, 2.45) is 0 Å². The first kappa shape index (κ1) is 11.7. The second-order valence-corrected chi connectivity index (χ2v) is 4.52. The summed E-state index contributed by atoms with van der Waals surface area (Å²) in [7, 11) is -1.58. The molecule has 0 heterocycles. The molecule has 4 heteroatoms. The van der Waals surface area contributed by atoms with E-state index in [-0.39, 0.29) is 0 Å². The van der Waals surface area contributed by atoms with E-state index in [1.54, 1.807) is 12.1 Å². The van der Waals surface area contributed by atoms with Crippen LogP contribution in [0, 0.1) is 11.3 Å². The molecule has 0 spiro atoms. The molecule has 1 aromatic carbocycles. The second-order valence-electron chi connectivity index (χ2n) is 3.04. The quantitative estimate of drug-likeness (QED) is 0.718. The lowest BCUT2D eigenvalue weighted by Crippen LogP contribution is -1.86. The number of hydrogen-bond acceptors (Lipinski definition) is 3. The maximum atomic E-state index is 11.1. The van der Waals surface area contributed by atoms with E-state index in [1.807, 2.05) is 19.1 Å². The number of rotatable bonds is 5. The highest BCUT2D eigenvalue weighted by atomic mass is 31.1. The van der Waals surface area contributed by atoms with Crippen molar-refractivity contribution < 1.29 is 9.09 Å². The van der Waals surface area contributed by atoms with Gasteiger partial charge in [-0.1, -0.05) is 12.1 Å². The van der Waals surface area contributed by atoms with Gasteiger partial charge in [-0.25, -0.2) is 0 Å². The summed E-state index contributed by atoms with van der Waals surface area (Å²) in [5, 5.41) is 8.42. The molecule has 3 nitrogen and oxygen atoms in total. The van der Waals surface area contributed by atoms with Gasteiger partial charge in [0, 0.05) is 6.42 Å². The third kappa shape index (κ3) is 4.10. The second kappa shape index (κ2) is 6.16. The molecule has 0 aliphatic rings. The molecule has 0 aliphatic carbocycles. The lowest BCUT2D eigenvalue weighted by Gasteiger charge is -1.97. The number of benzene rings is 1. The van der Waals surface area contributed by atoms with Gasteiger partial charge in [0.25, 0.3) is 0 Å². The van der Waals surface area contributed by atoms with Crippen LogP contribution < -0.4 is 4.52 Å². The lowest BCUT2D eigenvalue weighted by atomic mass is 10.1. The molecule has 1 rings (SSSR count). The van der Waals surface area contributed by atoms with Crippen LogP contribution in [0.5, 0.6) is 5.75 Å². The van der Waals surface area contributed by atoms with E-state index < -0.39 is 8.03 Å². The van der Waals surface area contributed by atoms with Crippen molar-refractivity contribution in [3.05, 3.63) is 29.8 Å². The Balaban J connectivity index is 2.57. The van der Waals surface area contributed by atoms with E-state index in [4.69, 9.17) is 9.79 Å². The maximum Gasteiger partial charge on any atom is 0.555 e. The first-order valence-corrected chi connectivity index (χ1v) is 6.21. The van der Waals surface area contributed by atoms with Gasteiger partial charge in [0.15, 0.2) is 11.9 Å². The minimum absolute atomic E-state index is 0.517. The normalized spacial score (nSPS) is 10.5. The summed E-state index contributed by atoms with van der Waals surface area (Å²) in [6.45, 7) is 1.82. The Morgan fingerprint density at radius 3 is 2.60 bits per heavy atom. The van der Waals surface area contributed by atoms with Crippen molar-refractivity contribution in [2.45, 2.75) is 19.8 Å². The Hall–Kier alpha value is -1.39. The van der Waals surface area contributed by atoms with Gasteiger partial charge in [0.1, 0.15) is 0 Å². The first-order chi connectivity index (χ1) is 7.26. The molecule has 0 fully saturated rings. The Morgan fingerprint density at radius 2 is 2.07 bits per heavy atom. The van der Waals surface area contributed by atoms with Gasteiger partial charge < -0.3 is 0 Å². The Kier molecular flexibility index (Phi) is 4.80. The fourth-order valence-electron chi connectivity index (χ4n) is 1.10. The molecule has 0 saturated heterocycles. The summed E-state index contributed by atoms with van der Waals surface area (Å²) in [5.74, 6) is 0.624. The topological polar surface area (TPSA) is 50.1 Å². The highest BCUT2D eigenvalue weighted by Crippen LogP contribution is 2.26. The summed E-state index contributed by atoms with van der Waals surface area (Å²) >= 11 is 0. The van der Waals surface area contributed by atoms with Crippen molar-refractivity contribution >= 4 is 8.03 Å². The predicted octanol–water partition coefficient (Wildman–Crippen LogP) is 3.28. The molecule has 78 valence electrons. The van der Waals surface area contributed by atoms with E-state index in [0.29, 0.717) is 18.3 Å². The zero-order valence-electron chi connectivity index (χ0n) is 8.64. The van der Waals surface area contributed by atoms with E-state index in [9.17, 15) is 4.57 Å². The van der Waals surface area contributed by atoms with Crippen LogP contribution >= 0.6 is 8.03 Å². The van der Waals surface area contributed by atoms with Gasteiger partial charge in [-0.2, -0.15) is 5.26 Å². The van der Waals surface area contributed by atoms with E-state index in [1.165, 1.54) is 0 Å². The standard InChI is InChI=1S/C11H13NO2P/c1-2-15(13)14-11-7-5-10(6-8-11)4-3-9-12/h5-8H,2-4H2,1H3/q+1. The fourth-order valence-corrected chi connectivity index (χ4v) is 1.59. The molecule has 0 bridgehead atoms. The first-order valence-electron chi connectivity index (χ1n) is 4.84. The van der Waals surface area contributed by atoms with E-state index in [0.717, 1.165) is 12.0 Å². The van der Waals surface area contributed by atoms with Crippen LogP contribution in [0.1, 0.15) is 18.9 Å². The molecule has 0 aliphatic heterocycles. The van der Waals surface area contributed by atoms with Gasteiger partial charge in [-0.15, -0.1) is 0 Å². The molecule has 15 heavy (non-hydrogen) atoms. The van der Waals surface area contributed by atoms with Crippen LogP contribution in [-0.2, 0) is 11.0 Å². The summed E-state index contributed by atoms with van der Waals surface area (Å²) in [6, 6.07) is 9.46. The average molecular weight is 222 g/mol. The molecule has 0 saturated carbocycles. The molecule has 0 radical (unpaired) electrons. The van der Waals surface area contributed by atoms with Crippen LogP contribution in [-0.4, -0.2) is 6.16 Å². The maximum absolute atomic E-state index is 11.1. The smallest absolute Gasteiger partial charge is 0.254 e. The Morgan fingerprint density at radius 1 is 1.40 bits per heavy atom. The molecule has 0 aromatic heterocycles. The molecule has 1 unspecified atom stereocenters. The highest BCUT2D eigenvalue weighted by molar-refractivity contribution is 7.39. The zero-order chi connectivity index (χ0) is 11.1. The highest BCUT2D eigenvalue weighted by Gasteiger charge is 2.14. The Bertz CT molecular complexity index is 367. The number of nitrogens with zero attached hydrogens (tertiary/aromatic N) is 1. The van der Waals surface area contributed by atoms with Crippen molar-refractivity contribution in [3.63, 3.8) is 0 Å². The number of hydrogen-bond donors (Lipinski definition) is 0. The molecule has 1 aromatic rings. The largest absolute Gasteiger partial charge is 0.555 e. The van der Waals surface area contributed by atoms with Gasteiger partial charge in [0.2, 0.25) is 0 Å². The van der Waals surface area contributed by atoms with Crippen molar-refractivity contribution in [1.29, 1.82) is 5.26 Å². The molecule has 0 N–H and O–H groups in total. The number of aryl methyl sites for hydroxylation is 1. The van der Waals surface area contributed by atoms with Crippen LogP contribution in [0.4, 0.5) is 0 Å². The van der Waals surface area contributed by atoms with E-state index >= 15 is 0 Å².